The maximum absolute atomic E-state index is 12.8. The molecule has 1 amide bonds. The van der Waals surface area contributed by atoms with Crippen LogP contribution < -0.4 is 5.32 Å². The van der Waals surface area contributed by atoms with E-state index in [0.717, 1.165) is 35.2 Å². The fourth-order valence-electron chi connectivity index (χ4n) is 4.25. The SMILES string of the molecule is O=C(N[C@H]1CCCC2=C3C=CC=CN3Cc3ccccc3[C@H]21)C(F)(F)F. The molecule has 1 fully saturated rings. The molecule has 0 aromatic heterocycles. The molecular weight excluding hydrogens is 341 g/mol. The van der Waals surface area contributed by atoms with Crippen LogP contribution in [-0.2, 0) is 11.3 Å². The van der Waals surface area contributed by atoms with Crippen molar-refractivity contribution >= 4 is 5.91 Å². The van der Waals surface area contributed by atoms with Crippen LogP contribution in [0, 0.1) is 0 Å². The van der Waals surface area contributed by atoms with Gasteiger partial charge >= 0.3 is 12.1 Å². The second kappa shape index (κ2) is 6.34. The van der Waals surface area contributed by atoms with Gasteiger partial charge in [-0.15, -0.1) is 0 Å². The summed E-state index contributed by atoms with van der Waals surface area (Å²) in [5.41, 5.74) is 4.24. The van der Waals surface area contributed by atoms with Gasteiger partial charge in [-0.25, -0.2) is 0 Å². The number of nitrogens with zero attached hydrogens (tertiary/aromatic N) is 1. The lowest BCUT2D eigenvalue weighted by atomic mass is 9.74. The molecule has 0 spiro atoms. The number of allylic oxidation sites excluding steroid dienone is 3. The highest BCUT2D eigenvalue weighted by atomic mass is 19.4. The van der Waals surface area contributed by atoms with Crippen molar-refractivity contribution in [1.82, 2.24) is 10.2 Å². The summed E-state index contributed by atoms with van der Waals surface area (Å²) in [7, 11) is 0. The fourth-order valence-corrected chi connectivity index (χ4v) is 4.25. The van der Waals surface area contributed by atoms with Crippen LogP contribution >= 0.6 is 0 Å². The standard InChI is InChI=1S/C20H19F3N2O/c21-20(22,23)19(26)24-16-9-5-8-15-17-10-3-4-11-25(17)12-13-6-1-2-7-14(13)18(15)16/h1-4,6-7,10-11,16,18H,5,8-9,12H2,(H,24,26)/t16-,18+/m0/s1. The van der Waals surface area contributed by atoms with Gasteiger partial charge in [0.1, 0.15) is 0 Å². The molecule has 3 aliphatic rings. The zero-order chi connectivity index (χ0) is 18.3. The van der Waals surface area contributed by atoms with Crippen molar-refractivity contribution in [3.05, 3.63) is 71.1 Å². The molecule has 1 aromatic carbocycles. The first-order valence-corrected chi connectivity index (χ1v) is 8.75. The number of halogens is 3. The lowest BCUT2D eigenvalue weighted by Crippen LogP contribution is -2.47. The summed E-state index contributed by atoms with van der Waals surface area (Å²) < 4.78 is 38.5. The van der Waals surface area contributed by atoms with Gasteiger partial charge in [0.05, 0.1) is 0 Å². The van der Waals surface area contributed by atoms with E-state index in [4.69, 9.17) is 0 Å². The molecule has 0 unspecified atom stereocenters. The number of fused-ring (bicyclic) bond motifs is 4. The van der Waals surface area contributed by atoms with Gasteiger partial charge in [0.25, 0.3) is 0 Å². The molecule has 2 aliphatic heterocycles. The van der Waals surface area contributed by atoms with Crippen molar-refractivity contribution in [2.45, 2.75) is 43.9 Å². The molecule has 1 aromatic rings. The highest BCUT2D eigenvalue weighted by Crippen LogP contribution is 2.44. The van der Waals surface area contributed by atoms with Gasteiger partial charge in [-0.05, 0) is 48.1 Å². The minimum absolute atomic E-state index is 0.234. The number of hydrogen-bond acceptors (Lipinski definition) is 2. The summed E-state index contributed by atoms with van der Waals surface area (Å²) in [4.78, 5) is 13.7. The predicted molar refractivity (Wildman–Crippen MR) is 91.9 cm³/mol. The molecule has 2 atom stereocenters. The Balaban J connectivity index is 1.80. The lowest BCUT2D eigenvalue weighted by molar-refractivity contribution is -0.174. The second-order valence-corrected chi connectivity index (χ2v) is 6.89. The highest BCUT2D eigenvalue weighted by Gasteiger charge is 2.43. The number of carbonyl (C=O) groups excluding carboxylic acids is 1. The maximum atomic E-state index is 12.8. The number of alkyl halides is 3. The molecule has 2 heterocycles. The van der Waals surface area contributed by atoms with Crippen molar-refractivity contribution in [1.29, 1.82) is 0 Å². The first-order valence-electron chi connectivity index (χ1n) is 8.75. The first kappa shape index (κ1) is 16.9. The summed E-state index contributed by atoms with van der Waals surface area (Å²) in [5, 5.41) is 2.26. The monoisotopic (exact) mass is 360 g/mol. The summed E-state index contributed by atoms with van der Waals surface area (Å²) in [6.07, 6.45) is 5.17. The zero-order valence-electron chi connectivity index (χ0n) is 14.1. The van der Waals surface area contributed by atoms with E-state index in [-0.39, 0.29) is 5.92 Å². The van der Waals surface area contributed by atoms with Gasteiger partial charge in [-0.1, -0.05) is 30.3 Å². The van der Waals surface area contributed by atoms with Crippen LogP contribution in [0.5, 0.6) is 0 Å². The van der Waals surface area contributed by atoms with Crippen LogP contribution in [0.2, 0.25) is 0 Å². The van der Waals surface area contributed by atoms with E-state index in [0.29, 0.717) is 13.0 Å². The van der Waals surface area contributed by atoms with E-state index in [2.05, 4.69) is 10.2 Å². The van der Waals surface area contributed by atoms with Crippen LogP contribution in [0.25, 0.3) is 0 Å². The van der Waals surface area contributed by atoms with Crippen molar-refractivity contribution in [3.63, 3.8) is 0 Å². The van der Waals surface area contributed by atoms with Crippen LogP contribution in [0.1, 0.15) is 36.3 Å². The molecule has 136 valence electrons. The lowest BCUT2D eigenvalue weighted by Gasteiger charge is -2.36. The molecule has 1 N–H and O–H groups in total. The van der Waals surface area contributed by atoms with E-state index in [1.165, 1.54) is 0 Å². The number of hydrogen-bond donors (Lipinski definition) is 1. The third-order valence-electron chi connectivity index (χ3n) is 5.31. The Morgan fingerprint density at radius 1 is 1.19 bits per heavy atom. The number of amides is 1. The van der Waals surface area contributed by atoms with Gasteiger partial charge in [0, 0.05) is 30.4 Å². The van der Waals surface area contributed by atoms with Crippen molar-refractivity contribution in [2.24, 2.45) is 0 Å². The molecule has 26 heavy (non-hydrogen) atoms. The first-order chi connectivity index (χ1) is 12.4. The van der Waals surface area contributed by atoms with Crippen molar-refractivity contribution < 1.29 is 18.0 Å². The van der Waals surface area contributed by atoms with Gasteiger partial charge in [-0.2, -0.15) is 13.2 Å². The molecule has 4 rings (SSSR count). The largest absolute Gasteiger partial charge is 0.471 e. The van der Waals surface area contributed by atoms with Gasteiger partial charge in [0.15, 0.2) is 0 Å². The molecule has 1 aliphatic carbocycles. The van der Waals surface area contributed by atoms with Gasteiger partial charge in [0.2, 0.25) is 0 Å². The van der Waals surface area contributed by atoms with Crippen LogP contribution in [0.3, 0.4) is 0 Å². The van der Waals surface area contributed by atoms with E-state index >= 15 is 0 Å². The average Bonchev–Trinajstić information content (AvgIpc) is 2.76. The molecule has 3 nitrogen and oxygen atoms in total. The Morgan fingerprint density at radius 2 is 2.00 bits per heavy atom. The number of benzene rings is 1. The Bertz CT molecular complexity index is 823. The topological polar surface area (TPSA) is 32.3 Å². The normalized spacial score (nSPS) is 24.5. The van der Waals surface area contributed by atoms with Gasteiger partial charge in [-0.3, -0.25) is 4.79 Å². The summed E-state index contributed by atoms with van der Waals surface area (Å²) in [5.74, 6) is -2.09. The third kappa shape index (κ3) is 2.93. The third-order valence-corrected chi connectivity index (χ3v) is 5.31. The van der Waals surface area contributed by atoms with Gasteiger partial charge < -0.3 is 10.2 Å². The summed E-state index contributed by atoms with van der Waals surface area (Å²) in [6, 6.07) is 7.29. The van der Waals surface area contributed by atoms with E-state index in [1.54, 1.807) is 0 Å². The molecule has 0 bridgehead atoms. The molecule has 0 radical (unpaired) electrons. The molecule has 1 saturated carbocycles. The molecule has 6 heteroatoms. The van der Waals surface area contributed by atoms with E-state index in [9.17, 15) is 18.0 Å². The van der Waals surface area contributed by atoms with Crippen LogP contribution in [0.15, 0.2) is 60.0 Å². The minimum Gasteiger partial charge on any atom is -0.345 e. The summed E-state index contributed by atoms with van der Waals surface area (Å²) in [6.45, 7) is 0.673. The van der Waals surface area contributed by atoms with E-state index in [1.807, 2.05) is 48.7 Å². The Morgan fingerprint density at radius 3 is 2.81 bits per heavy atom. The highest BCUT2D eigenvalue weighted by molar-refractivity contribution is 5.82. The quantitative estimate of drug-likeness (QED) is 0.816. The van der Waals surface area contributed by atoms with Crippen LogP contribution in [0.4, 0.5) is 13.2 Å². The fraction of sp³-hybridized carbons (Fsp3) is 0.350. The Labute approximate surface area is 149 Å². The molecule has 0 saturated heterocycles. The molecular formula is C20H19F3N2O. The van der Waals surface area contributed by atoms with E-state index < -0.39 is 18.1 Å². The Kier molecular flexibility index (Phi) is 4.13. The number of carbonyl (C=O) groups is 1. The maximum Gasteiger partial charge on any atom is 0.471 e. The zero-order valence-corrected chi connectivity index (χ0v) is 14.1. The van der Waals surface area contributed by atoms with Crippen LogP contribution in [-0.4, -0.2) is 23.0 Å². The van der Waals surface area contributed by atoms with Crippen molar-refractivity contribution in [3.8, 4) is 0 Å². The second-order valence-electron chi connectivity index (χ2n) is 6.89. The minimum atomic E-state index is -4.87. The summed E-state index contributed by atoms with van der Waals surface area (Å²) >= 11 is 0. The average molecular weight is 360 g/mol. The number of rotatable bonds is 1. The Hall–Kier alpha value is -2.50. The number of nitrogens with one attached hydrogen (secondary N) is 1. The van der Waals surface area contributed by atoms with Crippen molar-refractivity contribution in [2.75, 3.05) is 0 Å². The smallest absolute Gasteiger partial charge is 0.345 e. The predicted octanol–water partition coefficient (Wildman–Crippen LogP) is 4.15.